The number of rotatable bonds is 4. The molecule has 0 fully saturated rings. The molecule has 2 aliphatic carbocycles. The molecule has 0 aromatic carbocycles. The second-order valence-corrected chi connectivity index (χ2v) is 22.0. The Morgan fingerprint density at radius 2 is 1.70 bits per heavy atom. The first kappa shape index (κ1) is 16.8. The maximum atomic E-state index is 2.62. The van der Waals surface area contributed by atoms with Crippen molar-refractivity contribution in [2.75, 3.05) is 0 Å². The van der Waals surface area contributed by atoms with Gasteiger partial charge in [0.2, 0.25) is 0 Å². The average Bonchev–Trinajstić information content (AvgIpc) is 2.62. The van der Waals surface area contributed by atoms with Gasteiger partial charge in [0.05, 0.1) is 0 Å². The third-order valence-corrected chi connectivity index (χ3v) is 12.1. The quantitative estimate of drug-likeness (QED) is 0.499. The maximum absolute atomic E-state index is 2.62. The van der Waals surface area contributed by atoms with Gasteiger partial charge in [0.15, 0.2) is 0 Å². The minimum atomic E-state index is -1.74. The van der Waals surface area contributed by atoms with Crippen molar-refractivity contribution in [3.63, 3.8) is 0 Å². The molecular formula is C18H34SiTi. The van der Waals surface area contributed by atoms with Crippen molar-refractivity contribution in [2.45, 2.75) is 80.4 Å². The zero-order valence-electron chi connectivity index (χ0n) is 14.8. The number of hydrogen-bond donors (Lipinski definition) is 0. The summed E-state index contributed by atoms with van der Waals surface area (Å²) in [4.78, 5) is 0. The van der Waals surface area contributed by atoms with E-state index in [-0.39, 0.29) is 0 Å². The van der Waals surface area contributed by atoms with Crippen LogP contribution in [0, 0.1) is 5.92 Å². The summed E-state index contributed by atoms with van der Waals surface area (Å²) in [5.41, 5.74) is 5.65. The van der Waals surface area contributed by atoms with Crippen molar-refractivity contribution in [3.05, 3.63) is 20.6 Å². The summed E-state index contributed by atoms with van der Waals surface area (Å²) in [5.74, 6) is 0.795. The van der Waals surface area contributed by atoms with Crippen LogP contribution >= 0.6 is 0 Å². The van der Waals surface area contributed by atoms with Crippen LogP contribution in [0.4, 0.5) is 0 Å². The van der Waals surface area contributed by atoms with Gasteiger partial charge in [0, 0.05) is 0 Å². The van der Waals surface area contributed by atoms with Crippen LogP contribution in [0.5, 0.6) is 0 Å². The van der Waals surface area contributed by atoms with E-state index in [4.69, 9.17) is 0 Å². The van der Waals surface area contributed by atoms with Gasteiger partial charge in [-0.1, -0.05) is 0 Å². The van der Waals surface area contributed by atoms with Crippen molar-refractivity contribution in [1.82, 2.24) is 0 Å². The van der Waals surface area contributed by atoms with Crippen molar-refractivity contribution < 1.29 is 16.6 Å². The Bertz CT molecular complexity index is 449. The molecule has 0 radical (unpaired) electrons. The molecule has 0 saturated heterocycles. The van der Waals surface area contributed by atoms with E-state index in [1.807, 2.05) is 20.6 Å². The molecule has 0 bridgehead atoms. The number of allylic oxidation sites excluding steroid dienone is 4. The van der Waals surface area contributed by atoms with Gasteiger partial charge in [0.25, 0.3) is 0 Å². The first-order valence-corrected chi connectivity index (χ1v) is 17.5. The summed E-state index contributed by atoms with van der Waals surface area (Å²) < 4.78 is 1.96. The van der Waals surface area contributed by atoms with Crippen molar-refractivity contribution in [1.29, 1.82) is 0 Å². The third kappa shape index (κ3) is 3.25. The zero-order valence-corrected chi connectivity index (χ0v) is 17.4. The fraction of sp³-hybridized carbons (Fsp3) is 0.778. The predicted octanol–water partition coefficient (Wildman–Crippen LogP) is 6.79. The first-order valence-electron chi connectivity index (χ1n) is 8.63. The summed E-state index contributed by atoms with van der Waals surface area (Å²) in [5, 5.41) is 7.85. The van der Waals surface area contributed by atoms with Crippen LogP contribution in [0.25, 0.3) is 0 Å². The first-order chi connectivity index (χ1) is 9.17. The molecule has 2 rings (SSSR count). The Morgan fingerprint density at radius 3 is 2.25 bits per heavy atom. The number of hydrogen-bond acceptors (Lipinski definition) is 0. The minimum absolute atomic E-state index is 0.795. The van der Waals surface area contributed by atoms with Crippen LogP contribution < -0.4 is 0 Å². The van der Waals surface area contributed by atoms with Gasteiger partial charge in [-0.2, -0.15) is 0 Å². The van der Waals surface area contributed by atoms with Crippen LogP contribution in [-0.2, 0) is 16.6 Å². The molecular weight excluding hydrogens is 292 g/mol. The van der Waals surface area contributed by atoms with E-state index >= 15 is 0 Å². The molecule has 2 aliphatic rings. The zero-order chi connectivity index (χ0) is 15.1. The van der Waals surface area contributed by atoms with E-state index in [0.717, 1.165) is 5.92 Å². The molecule has 0 amide bonds. The van der Waals surface area contributed by atoms with Gasteiger partial charge in [-0.3, -0.25) is 0 Å². The van der Waals surface area contributed by atoms with Gasteiger partial charge in [0.1, 0.15) is 0 Å². The monoisotopic (exact) mass is 326 g/mol. The molecule has 20 heavy (non-hydrogen) atoms. The van der Waals surface area contributed by atoms with Crippen molar-refractivity contribution in [2.24, 2.45) is 5.92 Å². The van der Waals surface area contributed by atoms with Crippen LogP contribution in [0.2, 0.25) is 40.9 Å². The Hall–Kier alpha value is 0.411. The molecule has 2 heteroatoms. The molecule has 0 saturated carbocycles. The fourth-order valence-corrected chi connectivity index (χ4v) is 10.0. The standard InChI is InChI=1S/C15H25Si.3CH3.Ti/c1-5-16(3,4)11-14-10-13-8-6-7-9-15(13)12(14)2;;;;/h12H,5-9,11H2,1-4H3;3*1H3;. The molecule has 0 spiro atoms. The van der Waals surface area contributed by atoms with Crippen LogP contribution in [0.15, 0.2) is 20.6 Å². The van der Waals surface area contributed by atoms with Crippen LogP contribution in [0.3, 0.4) is 0 Å². The molecule has 0 N–H and O–H groups in total. The molecule has 1 unspecified atom stereocenters. The van der Waals surface area contributed by atoms with Gasteiger partial charge >= 0.3 is 132 Å². The van der Waals surface area contributed by atoms with Crippen LogP contribution in [0.1, 0.15) is 39.5 Å². The van der Waals surface area contributed by atoms with E-state index in [0.29, 0.717) is 0 Å². The Morgan fingerprint density at radius 1 is 1.10 bits per heavy atom. The summed E-state index contributed by atoms with van der Waals surface area (Å²) in [6.45, 7) is 10.1. The molecule has 0 heterocycles. The Labute approximate surface area is 131 Å². The van der Waals surface area contributed by atoms with Crippen LogP contribution in [-0.4, -0.2) is 8.07 Å². The molecule has 0 aromatic heterocycles. The second kappa shape index (κ2) is 5.89. The molecule has 0 aromatic rings. The summed E-state index contributed by atoms with van der Waals surface area (Å²) >= 11 is -1.74. The van der Waals surface area contributed by atoms with Gasteiger partial charge in [-0.15, -0.1) is 0 Å². The molecule has 1 atom stereocenters. The predicted molar refractivity (Wildman–Crippen MR) is 92.0 cm³/mol. The third-order valence-electron chi connectivity index (χ3n) is 5.55. The Balaban J connectivity index is 2.45. The summed E-state index contributed by atoms with van der Waals surface area (Å²) in [6.07, 6.45) is 5.68. The molecule has 0 aliphatic heterocycles. The van der Waals surface area contributed by atoms with Gasteiger partial charge in [-0.25, -0.2) is 0 Å². The van der Waals surface area contributed by atoms with Gasteiger partial charge in [-0.05, 0) is 0 Å². The Kier molecular flexibility index (Phi) is 4.94. The summed E-state index contributed by atoms with van der Waals surface area (Å²) in [6, 6.07) is 2.90. The second-order valence-electron chi connectivity index (χ2n) is 8.78. The molecule has 0 nitrogen and oxygen atoms in total. The SMILES string of the molecule is CC[Si](C)(C)CC1=[C]([Ti]([CH3])([CH3])[CH3])C2=C(CCCC2)C1C. The normalized spacial score (nSPS) is 24.4. The van der Waals surface area contributed by atoms with Gasteiger partial charge < -0.3 is 0 Å². The van der Waals surface area contributed by atoms with E-state index in [2.05, 4.69) is 42.6 Å². The van der Waals surface area contributed by atoms with E-state index in [1.165, 1.54) is 37.8 Å². The van der Waals surface area contributed by atoms with Crippen molar-refractivity contribution in [3.8, 4) is 0 Å². The average molecular weight is 326 g/mol. The van der Waals surface area contributed by atoms with E-state index < -0.39 is 24.7 Å². The van der Waals surface area contributed by atoms with E-state index in [9.17, 15) is 0 Å². The summed E-state index contributed by atoms with van der Waals surface area (Å²) in [7, 11) is -1.02. The van der Waals surface area contributed by atoms with E-state index in [1.54, 1.807) is 0 Å². The molecule has 114 valence electrons. The van der Waals surface area contributed by atoms with Crippen molar-refractivity contribution >= 4 is 8.07 Å². The fourth-order valence-electron chi connectivity index (χ4n) is 4.13. The topological polar surface area (TPSA) is 0 Å².